The largest absolute Gasteiger partial charge is 0.337 e. The summed E-state index contributed by atoms with van der Waals surface area (Å²) >= 11 is 0. The van der Waals surface area contributed by atoms with Crippen LogP contribution in [0.2, 0.25) is 0 Å². The van der Waals surface area contributed by atoms with Crippen molar-refractivity contribution in [1.82, 2.24) is 19.4 Å². The van der Waals surface area contributed by atoms with Gasteiger partial charge < -0.3 is 4.57 Å². The van der Waals surface area contributed by atoms with Crippen LogP contribution in [0.4, 0.5) is 0 Å². The van der Waals surface area contributed by atoms with Gasteiger partial charge in [-0.2, -0.15) is 0 Å². The Kier molecular flexibility index (Phi) is 4.19. The van der Waals surface area contributed by atoms with Crippen molar-refractivity contribution in [2.45, 2.75) is 26.4 Å². The van der Waals surface area contributed by atoms with Crippen molar-refractivity contribution in [3.8, 4) is 0 Å². The van der Waals surface area contributed by atoms with Crippen LogP contribution >= 0.6 is 0 Å². The first-order chi connectivity index (χ1) is 8.56. The molecular formula is C14H24N4. The number of aryl methyl sites for hydroxylation is 1. The van der Waals surface area contributed by atoms with Gasteiger partial charge in [0, 0.05) is 51.7 Å². The molecule has 0 spiro atoms. The molecule has 0 aliphatic carbocycles. The second-order valence-corrected chi connectivity index (χ2v) is 5.47. The Balaban J connectivity index is 1.90. The molecule has 0 radical (unpaired) electrons. The Hall–Kier alpha value is -1.13. The SMILES string of the molecule is C=C(C)CN1CCN(Cc2nccn2C)C(C)C1. The van der Waals surface area contributed by atoms with Crippen LogP contribution in [-0.2, 0) is 13.6 Å². The Labute approximate surface area is 110 Å². The topological polar surface area (TPSA) is 24.3 Å². The Morgan fingerprint density at radius 1 is 1.50 bits per heavy atom. The molecule has 0 amide bonds. The number of hydrogen-bond donors (Lipinski definition) is 0. The summed E-state index contributed by atoms with van der Waals surface area (Å²) in [5, 5.41) is 0. The fourth-order valence-corrected chi connectivity index (χ4v) is 2.56. The molecule has 0 bridgehead atoms. The van der Waals surface area contributed by atoms with Gasteiger partial charge in [-0.1, -0.05) is 12.2 Å². The van der Waals surface area contributed by atoms with Gasteiger partial charge in [-0.05, 0) is 13.8 Å². The molecular weight excluding hydrogens is 224 g/mol. The maximum absolute atomic E-state index is 4.41. The normalized spacial score (nSPS) is 22.3. The molecule has 100 valence electrons. The van der Waals surface area contributed by atoms with Crippen molar-refractivity contribution in [3.05, 3.63) is 30.4 Å². The van der Waals surface area contributed by atoms with E-state index in [0.29, 0.717) is 6.04 Å². The lowest BCUT2D eigenvalue weighted by atomic mass is 10.1. The minimum atomic E-state index is 0.579. The molecule has 0 aromatic carbocycles. The van der Waals surface area contributed by atoms with E-state index in [9.17, 15) is 0 Å². The van der Waals surface area contributed by atoms with Crippen LogP contribution in [-0.4, -0.2) is 51.6 Å². The van der Waals surface area contributed by atoms with E-state index in [1.54, 1.807) is 0 Å². The molecule has 2 rings (SSSR count). The number of rotatable bonds is 4. The van der Waals surface area contributed by atoms with Crippen LogP contribution in [0.1, 0.15) is 19.7 Å². The van der Waals surface area contributed by atoms with E-state index in [1.807, 2.05) is 12.4 Å². The monoisotopic (exact) mass is 248 g/mol. The van der Waals surface area contributed by atoms with Gasteiger partial charge in [0.25, 0.3) is 0 Å². The second kappa shape index (κ2) is 5.67. The Morgan fingerprint density at radius 2 is 2.28 bits per heavy atom. The number of nitrogens with zero attached hydrogens (tertiary/aromatic N) is 4. The van der Waals surface area contributed by atoms with Crippen molar-refractivity contribution in [3.63, 3.8) is 0 Å². The summed E-state index contributed by atoms with van der Waals surface area (Å²) in [6.07, 6.45) is 3.88. The third-order valence-corrected chi connectivity index (χ3v) is 3.61. The van der Waals surface area contributed by atoms with Crippen molar-refractivity contribution in [2.24, 2.45) is 7.05 Å². The zero-order chi connectivity index (χ0) is 13.1. The maximum atomic E-state index is 4.41. The van der Waals surface area contributed by atoms with Crippen LogP contribution in [0.3, 0.4) is 0 Å². The molecule has 1 aliphatic heterocycles. The molecule has 2 heterocycles. The van der Waals surface area contributed by atoms with Crippen molar-refractivity contribution in [2.75, 3.05) is 26.2 Å². The standard InChI is InChI=1S/C14H24N4/c1-12(2)9-17-7-8-18(13(3)10-17)11-14-15-5-6-16(14)4/h5-6,13H,1,7-11H2,2-4H3. The minimum Gasteiger partial charge on any atom is -0.337 e. The first kappa shape index (κ1) is 13.3. The van der Waals surface area contributed by atoms with Crippen LogP contribution in [0.15, 0.2) is 24.5 Å². The van der Waals surface area contributed by atoms with Crippen molar-refractivity contribution in [1.29, 1.82) is 0 Å². The maximum Gasteiger partial charge on any atom is 0.122 e. The summed E-state index contributed by atoms with van der Waals surface area (Å²) in [6.45, 7) is 13.7. The van der Waals surface area contributed by atoms with Gasteiger partial charge in [-0.15, -0.1) is 0 Å². The highest BCUT2D eigenvalue weighted by Crippen LogP contribution is 2.13. The predicted octanol–water partition coefficient (Wildman–Crippen LogP) is 1.50. The van der Waals surface area contributed by atoms with Crippen LogP contribution in [0.5, 0.6) is 0 Å². The first-order valence-corrected chi connectivity index (χ1v) is 6.63. The number of piperazine rings is 1. The molecule has 1 aliphatic rings. The molecule has 1 aromatic heterocycles. The number of aromatic nitrogens is 2. The van der Waals surface area contributed by atoms with E-state index in [0.717, 1.165) is 38.5 Å². The quantitative estimate of drug-likeness (QED) is 0.755. The molecule has 1 aromatic rings. The highest BCUT2D eigenvalue weighted by atomic mass is 15.3. The summed E-state index contributed by atoms with van der Waals surface area (Å²) < 4.78 is 2.10. The van der Waals surface area contributed by atoms with Crippen LogP contribution in [0, 0.1) is 0 Å². The summed E-state index contributed by atoms with van der Waals surface area (Å²) in [4.78, 5) is 9.40. The lowest BCUT2D eigenvalue weighted by Crippen LogP contribution is -2.51. The second-order valence-electron chi connectivity index (χ2n) is 5.47. The average Bonchev–Trinajstić information content (AvgIpc) is 2.67. The average molecular weight is 248 g/mol. The van der Waals surface area contributed by atoms with E-state index in [4.69, 9.17) is 0 Å². The van der Waals surface area contributed by atoms with Crippen molar-refractivity contribution < 1.29 is 0 Å². The van der Waals surface area contributed by atoms with E-state index >= 15 is 0 Å². The van der Waals surface area contributed by atoms with Crippen molar-refractivity contribution >= 4 is 0 Å². The van der Waals surface area contributed by atoms with E-state index in [1.165, 1.54) is 5.57 Å². The van der Waals surface area contributed by atoms with Crippen LogP contribution < -0.4 is 0 Å². The van der Waals surface area contributed by atoms with E-state index in [2.05, 4.69) is 46.8 Å². The Morgan fingerprint density at radius 3 is 2.83 bits per heavy atom. The smallest absolute Gasteiger partial charge is 0.122 e. The van der Waals surface area contributed by atoms with Gasteiger partial charge >= 0.3 is 0 Å². The molecule has 0 saturated carbocycles. The highest BCUT2D eigenvalue weighted by molar-refractivity contribution is 4.96. The number of imidazole rings is 1. The molecule has 1 atom stereocenters. The Bertz CT molecular complexity index is 410. The zero-order valence-electron chi connectivity index (χ0n) is 11.8. The summed E-state index contributed by atoms with van der Waals surface area (Å²) in [6, 6.07) is 0.579. The van der Waals surface area contributed by atoms with E-state index in [-0.39, 0.29) is 0 Å². The molecule has 1 fully saturated rings. The van der Waals surface area contributed by atoms with Gasteiger partial charge in [0.05, 0.1) is 6.54 Å². The third kappa shape index (κ3) is 3.21. The fourth-order valence-electron chi connectivity index (χ4n) is 2.56. The molecule has 4 nitrogen and oxygen atoms in total. The van der Waals surface area contributed by atoms with Gasteiger partial charge in [-0.25, -0.2) is 4.98 Å². The highest BCUT2D eigenvalue weighted by Gasteiger charge is 2.24. The molecule has 0 N–H and O–H groups in total. The summed E-state index contributed by atoms with van der Waals surface area (Å²) in [5.74, 6) is 1.15. The predicted molar refractivity (Wildman–Crippen MR) is 74.3 cm³/mol. The summed E-state index contributed by atoms with van der Waals surface area (Å²) in [5.41, 5.74) is 1.25. The van der Waals surface area contributed by atoms with Gasteiger partial charge in [0.2, 0.25) is 0 Å². The molecule has 1 saturated heterocycles. The van der Waals surface area contributed by atoms with Crippen LogP contribution in [0.25, 0.3) is 0 Å². The third-order valence-electron chi connectivity index (χ3n) is 3.61. The number of hydrogen-bond acceptors (Lipinski definition) is 3. The van der Waals surface area contributed by atoms with Gasteiger partial charge in [0.15, 0.2) is 0 Å². The van der Waals surface area contributed by atoms with Gasteiger partial charge in [0.1, 0.15) is 5.82 Å². The first-order valence-electron chi connectivity index (χ1n) is 6.63. The lowest BCUT2D eigenvalue weighted by molar-refractivity contribution is 0.0807. The molecule has 4 heteroatoms. The minimum absolute atomic E-state index is 0.579. The molecule has 18 heavy (non-hydrogen) atoms. The summed E-state index contributed by atoms with van der Waals surface area (Å²) in [7, 11) is 2.06. The zero-order valence-corrected chi connectivity index (χ0v) is 11.8. The van der Waals surface area contributed by atoms with Gasteiger partial charge in [-0.3, -0.25) is 9.80 Å². The molecule has 1 unspecified atom stereocenters. The van der Waals surface area contributed by atoms with E-state index < -0.39 is 0 Å². The fraction of sp³-hybridized carbons (Fsp3) is 0.643. The lowest BCUT2D eigenvalue weighted by Gasteiger charge is -2.39.